The fourth-order valence-electron chi connectivity index (χ4n) is 1.41. The van der Waals surface area contributed by atoms with Gasteiger partial charge in [-0.15, -0.1) is 0 Å². The van der Waals surface area contributed by atoms with Gasteiger partial charge in [-0.2, -0.15) is 13.2 Å². The maximum atomic E-state index is 12.4. The van der Waals surface area contributed by atoms with E-state index in [0.717, 1.165) is 12.3 Å². The number of nitrogens with zero attached hydrogens (tertiary/aromatic N) is 1. The molecule has 1 aromatic carbocycles. The fourth-order valence-corrected chi connectivity index (χ4v) is 1.89. The summed E-state index contributed by atoms with van der Waals surface area (Å²) in [4.78, 5) is 15.0. The molecule has 0 aliphatic carbocycles. The third kappa shape index (κ3) is 3.65. The van der Waals surface area contributed by atoms with Gasteiger partial charge in [0.1, 0.15) is 5.69 Å². The normalized spacial score (nSPS) is 11.3. The molecule has 3 nitrogen and oxygen atoms in total. The van der Waals surface area contributed by atoms with Crippen molar-refractivity contribution in [2.75, 3.05) is 0 Å². The topological polar surface area (TPSA) is 39.2 Å². The molecular formula is C13H6Cl2F3NO2. The molecule has 0 bridgehead atoms. The van der Waals surface area contributed by atoms with Gasteiger partial charge in [-0.25, -0.2) is 4.79 Å². The zero-order valence-corrected chi connectivity index (χ0v) is 11.6. The van der Waals surface area contributed by atoms with E-state index in [1.165, 1.54) is 12.1 Å². The van der Waals surface area contributed by atoms with E-state index in [4.69, 9.17) is 27.9 Å². The summed E-state index contributed by atoms with van der Waals surface area (Å²) >= 11 is 11.6. The molecule has 0 atom stereocenters. The third-order valence-corrected chi connectivity index (χ3v) is 3.00. The maximum Gasteiger partial charge on any atom is 0.433 e. The average Bonchev–Trinajstić information content (AvgIpc) is 2.42. The number of para-hydroxylation sites is 1. The Hall–Kier alpha value is -1.79. The molecule has 0 saturated heterocycles. The van der Waals surface area contributed by atoms with Gasteiger partial charge in [0, 0.05) is 6.20 Å². The monoisotopic (exact) mass is 335 g/mol. The number of hydrogen-bond acceptors (Lipinski definition) is 3. The molecule has 0 radical (unpaired) electrons. The Balaban J connectivity index is 2.21. The summed E-state index contributed by atoms with van der Waals surface area (Å²) < 4.78 is 42.0. The van der Waals surface area contributed by atoms with Gasteiger partial charge in [-0.05, 0) is 24.3 Å². The van der Waals surface area contributed by atoms with Crippen molar-refractivity contribution >= 4 is 29.2 Å². The van der Waals surface area contributed by atoms with Gasteiger partial charge in [0.15, 0.2) is 5.75 Å². The van der Waals surface area contributed by atoms with Crippen molar-refractivity contribution in [3.8, 4) is 5.75 Å². The van der Waals surface area contributed by atoms with Crippen molar-refractivity contribution in [2.45, 2.75) is 6.18 Å². The Bertz CT molecular complexity index is 652. The summed E-state index contributed by atoms with van der Waals surface area (Å²) in [6.07, 6.45) is -3.80. The highest BCUT2D eigenvalue weighted by molar-refractivity contribution is 6.37. The van der Waals surface area contributed by atoms with Crippen LogP contribution in [0.3, 0.4) is 0 Å². The van der Waals surface area contributed by atoms with Crippen LogP contribution in [0.1, 0.15) is 16.1 Å². The molecule has 0 amide bonds. The van der Waals surface area contributed by atoms with Crippen LogP contribution >= 0.6 is 23.2 Å². The minimum atomic E-state index is -4.57. The van der Waals surface area contributed by atoms with E-state index in [1.54, 1.807) is 6.07 Å². The first kappa shape index (κ1) is 15.6. The van der Waals surface area contributed by atoms with Crippen LogP contribution in [0.2, 0.25) is 10.0 Å². The van der Waals surface area contributed by atoms with Crippen LogP contribution in [0.4, 0.5) is 13.2 Å². The molecule has 8 heteroatoms. The lowest BCUT2D eigenvalue weighted by molar-refractivity contribution is -0.141. The Morgan fingerprint density at radius 2 is 1.71 bits per heavy atom. The lowest BCUT2D eigenvalue weighted by Crippen LogP contribution is -2.12. The summed E-state index contributed by atoms with van der Waals surface area (Å²) in [5.41, 5.74) is -1.26. The van der Waals surface area contributed by atoms with Crippen molar-refractivity contribution in [3.05, 3.63) is 57.8 Å². The van der Waals surface area contributed by atoms with Crippen molar-refractivity contribution in [1.29, 1.82) is 0 Å². The predicted molar refractivity (Wildman–Crippen MR) is 70.7 cm³/mol. The number of esters is 1. The van der Waals surface area contributed by atoms with E-state index >= 15 is 0 Å². The van der Waals surface area contributed by atoms with E-state index < -0.39 is 17.8 Å². The molecule has 2 aromatic rings. The van der Waals surface area contributed by atoms with E-state index in [9.17, 15) is 18.0 Å². The highest BCUT2D eigenvalue weighted by Crippen LogP contribution is 2.33. The summed E-state index contributed by atoms with van der Waals surface area (Å²) in [5.74, 6) is -0.975. The van der Waals surface area contributed by atoms with Gasteiger partial charge in [0.05, 0.1) is 15.6 Å². The quantitative estimate of drug-likeness (QED) is 0.593. The number of ether oxygens (including phenoxy) is 1. The highest BCUT2D eigenvalue weighted by atomic mass is 35.5. The molecule has 0 fully saturated rings. The number of carbonyl (C=O) groups is 1. The zero-order valence-electron chi connectivity index (χ0n) is 10.1. The summed E-state index contributed by atoms with van der Waals surface area (Å²) in [6, 6.07) is 6.12. The molecule has 0 unspecified atom stereocenters. The first-order chi connectivity index (χ1) is 9.79. The maximum absolute atomic E-state index is 12.4. The number of rotatable bonds is 2. The van der Waals surface area contributed by atoms with E-state index in [-0.39, 0.29) is 21.4 Å². The van der Waals surface area contributed by atoms with Gasteiger partial charge >= 0.3 is 12.1 Å². The molecule has 0 spiro atoms. The van der Waals surface area contributed by atoms with E-state index in [0.29, 0.717) is 6.07 Å². The van der Waals surface area contributed by atoms with Gasteiger partial charge in [0.25, 0.3) is 0 Å². The van der Waals surface area contributed by atoms with Crippen LogP contribution in [-0.2, 0) is 6.18 Å². The van der Waals surface area contributed by atoms with Gasteiger partial charge in [-0.3, -0.25) is 4.98 Å². The van der Waals surface area contributed by atoms with Crippen LogP contribution in [-0.4, -0.2) is 11.0 Å². The Labute approximate surface area is 127 Å². The van der Waals surface area contributed by atoms with Crippen LogP contribution in [0.5, 0.6) is 5.75 Å². The summed E-state index contributed by atoms with van der Waals surface area (Å²) in [7, 11) is 0. The number of alkyl halides is 3. The van der Waals surface area contributed by atoms with Gasteiger partial charge < -0.3 is 4.74 Å². The minimum Gasteiger partial charge on any atom is -0.420 e. The SMILES string of the molecule is O=C(Oc1c(Cl)cccc1Cl)c1ccc(C(F)(F)F)nc1. The molecular weight excluding hydrogens is 330 g/mol. The number of benzene rings is 1. The predicted octanol–water partition coefficient (Wildman–Crippen LogP) is 4.63. The molecule has 1 aromatic heterocycles. The van der Waals surface area contributed by atoms with E-state index in [2.05, 4.69) is 4.98 Å². The molecule has 2 rings (SSSR count). The minimum absolute atomic E-state index is 0.0641. The summed E-state index contributed by atoms with van der Waals surface area (Å²) in [6.45, 7) is 0. The van der Waals surface area contributed by atoms with Gasteiger partial charge in [0.2, 0.25) is 0 Å². The molecule has 110 valence electrons. The molecule has 1 heterocycles. The van der Waals surface area contributed by atoms with Crippen LogP contribution in [0.15, 0.2) is 36.5 Å². The van der Waals surface area contributed by atoms with Crippen LogP contribution < -0.4 is 4.74 Å². The summed E-state index contributed by atoms with van der Waals surface area (Å²) in [5, 5.41) is 0.214. The molecule has 0 saturated carbocycles. The Morgan fingerprint density at radius 1 is 1.10 bits per heavy atom. The molecule has 0 N–H and O–H groups in total. The first-order valence-corrected chi connectivity index (χ1v) is 6.24. The molecule has 0 aliphatic heterocycles. The highest BCUT2D eigenvalue weighted by Gasteiger charge is 2.32. The molecule has 21 heavy (non-hydrogen) atoms. The molecule has 0 aliphatic rings. The number of aromatic nitrogens is 1. The smallest absolute Gasteiger partial charge is 0.420 e. The second-order valence-electron chi connectivity index (χ2n) is 3.87. The van der Waals surface area contributed by atoms with Gasteiger partial charge in [-0.1, -0.05) is 29.3 Å². The van der Waals surface area contributed by atoms with Crippen molar-refractivity contribution < 1.29 is 22.7 Å². The van der Waals surface area contributed by atoms with Crippen LogP contribution in [0.25, 0.3) is 0 Å². The van der Waals surface area contributed by atoms with Crippen molar-refractivity contribution in [2.24, 2.45) is 0 Å². The van der Waals surface area contributed by atoms with Crippen molar-refractivity contribution in [1.82, 2.24) is 4.98 Å². The third-order valence-electron chi connectivity index (χ3n) is 2.40. The number of halogens is 5. The zero-order chi connectivity index (χ0) is 15.6. The Kier molecular flexibility index (Phi) is 4.39. The first-order valence-electron chi connectivity index (χ1n) is 5.48. The Morgan fingerprint density at radius 3 is 2.19 bits per heavy atom. The van der Waals surface area contributed by atoms with E-state index in [1.807, 2.05) is 0 Å². The number of pyridine rings is 1. The van der Waals surface area contributed by atoms with Crippen molar-refractivity contribution in [3.63, 3.8) is 0 Å². The average molecular weight is 336 g/mol. The largest absolute Gasteiger partial charge is 0.433 e. The lowest BCUT2D eigenvalue weighted by atomic mass is 10.2. The fraction of sp³-hybridized carbons (Fsp3) is 0.0769. The second kappa shape index (κ2) is 5.91. The number of carbonyl (C=O) groups excluding carboxylic acids is 1. The number of hydrogen-bond donors (Lipinski definition) is 0. The van der Waals surface area contributed by atoms with Crippen LogP contribution in [0, 0.1) is 0 Å². The second-order valence-corrected chi connectivity index (χ2v) is 4.68. The standard InChI is InChI=1S/C13H6Cl2F3NO2/c14-8-2-1-3-9(15)11(8)21-12(20)7-4-5-10(19-6-7)13(16,17)18/h1-6H. The lowest BCUT2D eigenvalue weighted by Gasteiger charge is -2.09.